The summed E-state index contributed by atoms with van der Waals surface area (Å²) in [5.74, 6) is 0.886. The van der Waals surface area contributed by atoms with Crippen LogP contribution in [-0.2, 0) is 16.8 Å². The predicted octanol–water partition coefficient (Wildman–Crippen LogP) is 3.79. The van der Waals surface area contributed by atoms with E-state index < -0.39 is 0 Å². The number of hydrogen-bond acceptors (Lipinski definition) is 4. The van der Waals surface area contributed by atoms with Gasteiger partial charge in [0.2, 0.25) is 0 Å². The molecular formula is C21H24N2O3. The van der Waals surface area contributed by atoms with Crippen molar-refractivity contribution in [3.05, 3.63) is 59.7 Å². The second kappa shape index (κ2) is 6.90. The van der Waals surface area contributed by atoms with Gasteiger partial charge in [-0.2, -0.15) is 0 Å². The fourth-order valence-electron chi connectivity index (χ4n) is 3.98. The first-order valence-corrected chi connectivity index (χ1v) is 9.08. The molecule has 136 valence electrons. The first kappa shape index (κ1) is 16.8. The van der Waals surface area contributed by atoms with E-state index in [4.69, 9.17) is 9.47 Å². The van der Waals surface area contributed by atoms with E-state index in [2.05, 4.69) is 17.4 Å². The highest BCUT2D eigenvalue weighted by atomic mass is 16.6. The van der Waals surface area contributed by atoms with Gasteiger partial charge in [-0.15, -0.1) is 0 Å². The summed E-state index contributed by atoms with van der Waals surface area (Å²) < 4.78 is 10.9. The minimum atomic E-state index is -0.222. The fourth-order valence-corrected chi connectivity index (χ4v) is 3.98. The lowest BCUT2D eigenvalue weighted by Crippen LogP contribution is -2.46. The van der Waals surface area contributed by atoms with Crippen molar-refractivity contribution in [3.63, 3.8) is 0 Å². The van der Waals surface area contributed by atoms with Gasteiger partial charge in [0.25, 0.3) is 0 Å². The van der Waals surface area contributed by atoms with Crippen molar-refractivity contribution in [1.29, 1.82) is 0 Å². The number of likely N-dealkylation sites (tertiary alicyclic amines) is 1. The van der Waals surface area contributed by atoms with E-state index in [1.54, 1.807) is 7.11 Å². The Bertz CT molecular complexity index is 783. The van der Waals surface area contributed by atoms with Crippen LogP contribution in [0.2, 0.25) is 0 Å². The average Bonchev–Trinajstić information content (AvgIpc) is 3.05. The molecule has 2 aromatic rings. The van der Waals surface area contributed by atoms with Gasteiger partial charge < -0.3 is 19.7 Å². The van der Waals surface area contributed by atoms with Gasteiger partial charge in [0.15, 0.2) is 0 Å². The summed E-state index contributed by atoms with van der Waals surface area (Å²) in [6, 6.07) is 16.0. The van der Waals surface area contributed by atoms with Crippen LogP contribution in [-0.4, -0.2) is 37.7 Å². The molecule has 2 aliphatic rings. The van der Waals surface area contributed by atoms with Gasteiger partial charge in [-0.25, -0.2) is 4.79 Å². The van der Waals surface area contributed by atoms with Crippen LogP contribution in [0.4, 0.5) is 10.5 Å². The topological polar surface area (TPSA) is 50.8 Å². The number of nitrogens with one attached hydrogen (secondary N) is 1. The van der Waals surface area contributed by atoms with E-state index in [-0.39, 0.29) is 11.5 Å². The summed E-state index contributed by atoms with van der Waals surface area (Å²) >= 11 is 0. The zero-order chi connectivity index (χ0) is 18.0. The molecule has 5 heteroatoms. The Balaban J connectivity index is 1.38. The summed E-state index contributed by atoms with van der Waals surface area (Å²) in [6.45, 7) is 2.67. The lowest BCUT2D eigenvalue weighted by molar-refractivity contribution is 0.0794. The smallest absolute Gasteiger partial charge is 0.410 e. The number of amides is 1. The average molecular weight is 352 g/mol. The van der Waals surface area contributed by atoms with E-state index >= 15 is 0 Å². The molecule has 2 heterocycles. The molecule has 5 nitrogen and oxygen atoms in total. The molecule has 0 aliphatic carbocycles. The zero-order valence-electron chi connectivity index (χ0n) is 15.0. The highest BCUT2D eigenvalue weighted by Crippen LogP contribution is 2.45. The lowest BCUT2D eigenvalue weighted by atomic mass is 9.74. The van der Waals surface area contributed by atoms with Gasteiger partial charge in [-0.1, -0.05) is 30.3 Å². The van der Waals surface area contributed by atoms with E-state index in [1.165, 1.54) is 11.3 Å². The Morgan fingerprint density at radius 1 is 1.15 bits per heavy atom. The molecular weight excluding hydrogens is 328 g/mol. The molecule has 0 bridgehead atoms. The number of anilines is 1. The van der Waals surface area contributed by atoms with Crippen LogP contribution in [0.5, 0.6) is 5.75 Å². The number of carbonyl (C=O) groups is 1. The molecule has 0 aromatic heterocycles. The molecule has 2 aromatic carbocycles. The first-order chi connectivity index (χ1) is 12.7. The van der Waals surface area contributed by atoms with Crippen LogP contribution in [0, 0.1) is 0 Å². The van der Waals surface area contributed by atoms with Gasteiger partial charge in [-0.05, 0) is 42.2 Å². The minimum Gasteiger partial charge on any atom is -0.497 e. The number of benzene rings is 2. The van der Waals surface area contributed by atoms with Crippen LogP contribution in [0.25, 0.3) is 0 Å². The summed E-state index contributed by atoms with van der Waals surface area (Å²) in [5.41, 5.74) is 3.59. The Morgan fingerprint density at radius 3 is 2.65 bits per heavy atom. The predicted molar refractivity (Wildman–Crippen MR) is 101 cm³/mol. The van der Waals surface area contributed by atoms with Crippen molar-refractivity contribution in [2.75, 3.05) is 32.1 Å². The van der Waals surface area contributed by atoms with E-state index in [9.17, 15) is 4.79 Å². The Labute approximate surface area is 153 Å². The molecule has 0 saturated carbocycles. The third kappa shape index (κ3) is 3.09. The summed E-state index contributed by atoms with van der Waals surface area (Å²) in [4.78, 5) is 14.2. The second-order valence-corrected chi connectivity index (χ2v) is 7.07. The number of hydrogen-bond donors (Lipinski definition) is 1. The largest absolute Gasteiger partial charge is 0.497 e. The third-order valence-electron chi connectivity index (χ3n) is 5.60. The Hall–Kier alpha value is -2.69. The highest BCUT2D eigenvalue weighted by molar-refractivity contribution is 5.68. The van der Waals surface area contributed by atoms with Crippen LogP contribution in [0.15, 0.2) is 48.5 Å². The number of nitrogens with zero attached hydrogens (tertiary/aromatic N) is 1. The molecule has 1 fully saturated rings. The van der Waals surface area contributed by atoms with Gasteiger partial charge in [0.1, 0.15) is 12.4 Å². The van der Waals surface area contributed by atoms with Crippen molar-refractivity contribution in [1.82, 2.24) is 4.90 Å². The third-order valence-corrected chi connectivity index (χ3v) is 5.60. The van der Waals surface area contributed by atoms with Crippen molar-refractivity contribution in [3.8, 4) is 5.75 Å². The standard InChI is InChI=1S/C21H24N2O3/c1-25-17-7-8-19-18(13-17)21(15-22-19)9-11-23(12-10-21)20(24)26-14-16-5-3-2-4-6-16/h2-8,13,22H,9-12,14-15H2,1H3. The molecule has 1 N–H and O–H groups in total. The zero-order valence-corrected chi connectivity index (χ0v) is 15.0. The second-order valence-electron chi connectivity index (χ2n) is 7.07. The Morgan fingerprint density at radius 2 is 1.92 bits per heavy atom. The van der Waals surface area contributed by atoms with Crippen LogP contribution >= 0.6 is 0 Å². The van der Waals surface area contributed by atoms with E-state index in [1.807, 2.05) is 41.3 Å². The minimum absolute atomic E-state index is 0.0834. The monoisotopic (exact) mass is 352 g/mol. The number of carbonyl (C=O) groups excluding carboxylic acids is 1. The maximum atomic E-state index is 12.4. The number of methoxy groups -OCH3 is 1. The summed E-state index contributed by atoms with van der Waals surface area (Å²) in [5, 5.41) is 3.51. The van der Waals surface area contributed by atoms with Crippen LogP contribution in [0.1, 0.15) is 24.0 Å². The molecule has 0 unspecified atom stereocenters. The van der Waals surface area contributed by atoms with Crippen molar-refractivity contribution in [2.45, 2.75) is 24.9 Å². The molecule has 2 aliphatic heterocycles. The maximum absolute atomic E-state index is 12.4. The molecule has 0 atom stereocenters. The van der Waals surface area contributed by atoms with E-state index in [0.29, 0.717) is 19.7 Å². The van der Waals surface area contributed by atoms with Crippen molar-refractivity contribution in [2.24, 2.45) is 0 Å². The van der Waals surface area contributed by atoms with Gasteiger partial charge >= 0.3 is 6.09 Å². The van der Waals surface area contributed by atoms with Gasteiger partial charge in [0, 0.05) is 30.7 Å². The molecule has 1 amide bonds. The number of rotatable bonds is 3. The molecule has 0 radical (unpaired) electrons. The van der Waals surface area contributed by atoms with Gasteiger partial charge in [0.05, 0.1) is 7.11 Å². The van der Waals surface area contributed by atoms with Crippen molar-refractivity contribution < 1.29 is 14.3 Å². The summed E-state index contributed by atoms with van der Waals surface area (Å²) in [7, 11) is 1.70. The SMILES string of the molecule is COc1ccc2c(c1)C1(CCN(C(=O)OCc3ccccc3)CC1)CN2. The molecule has 1 spiro atoms. The number of fused-ring (bicyclic) bond motifs is 2. The quantitative estimate of drug-likeness (QED) is 0.913. The van der Waals surface area contributed by atoms with E-state index in [0.717, 1.165) is 30.7 Å². The Kier molecular flexibility index (Phi) is 4.45. The lowest BCUT2D eigenvalue weighted by Gasteiger charge is -2.38. The van der Waals surface area contributed by atoms with Gasteiger partial charge in [-0.3, -0.25) is 0 Å². The molecule has 1 saturated heterocycles. The van der Waals surface area contributed by atoms with Crippen LogP contribution in [0.3, 0.4) is 0 Å². The van der Waals surface area contributed by atoms with Crippen molar-refractivity contribution >= 4 is 11.8 Å². The first-order valence-electron chi connectivity index (χ1n) is 9.08. The summed E-state index contributed by atoms with van der Waals surface area (Å²) in [6.07, 6.45) is 1.64. The molecule has 26 heavy (non-hydrogen) atoms. The normalized spacial score (nSPS) is 17.5. The fraction of sp³-hybridized carbons (Fsp3) is 0.381. The highest BCUT2D eigenvalue weighted by Gasteiger charge is 2.42. The maximum Gasteiger partial charge on any atom is 0.410 e. The number of ether oxygens (including phenoxy) is 2. The number of piperidine rings is 1. The van der Waals surface area contributed by atoms with Crippen LogP contribution < -0.4 is 10.1 Å². The molecule has 4 rings (SSSR count).